The molecule has 2 aromatic carbocycles. The van der Waals surface area contributed by atoms with E-state index in [0.717, 1.165) is 12.8 Å². The van der Waals surface area contributed by atoms with Crippen molar-refractivity contribution in [3.63, 3.8) is 0 Å². The third kappa shape index (κ3) is 6.44. The fourth-order valence-electron chi connectivity index (χ4n) is 2.48. The minimum absolute atomic E-state index is 0.189. The highest BCUT2D eigenvalue weighted by Crippen LogP contribution is 2.16. The van der Waals surface area contributed by atoms with Gasteiger partial charge in [-0.05, 0) is 42.8 Å². The number of anilines is 1. The number of nitriles is 1. The minimum atomic E-state index is -0.582. The molecule has 0 N–H and O–H groups in total. The van der Waals surface area contributed by atoms with Crippen molar-refractivity contribution in [1.82, 2.24) is 0 Å². The Bertz CT molecular complexity index is 798. The van der Waals surface area contributed by atoms with Crippen LogP contribution in [0.2, 0.25) is 0 Å². The molecule has 0 aliphatic rings. The number of hydrogen-bond acceptors (Lipinski definition) is 5. The Morgan fingerprint density at radius 1 is 1.07 bits per heavy atom. The highest BCUT2D eigenvalue weighted by Gasteiger charge is 2.18. The topological polar surface area (TPSA) is 79.6 Å². The number of carbonyl (C=O) groups is 2. The summed E-state index contributed by atoms with van der Waals surface area (Å²) in [4.78, 5) is 26.2. The number of ether oxygens (including phenoxy) is 2. The van der Waals surface area contributed by atoms with Crippen molar-refractivity contribution in [3.05, 3.63) is 60.2 Å². The molecule has 6 nitrogen and oxygen atoms in total. The second-order valence-electron chi connectivity index (χ2n) is 6.09. The smallest absolute Gasteiger partial charge is 0.338 e. The quantitative estimate of drug-likeness (QED) is 0.460. The molecular weight excluding hydrogens is 356 g/mol. The van der Waals surface area contributed by atoms with Gasteiger partial charge in [0.15, 0.2) is 6.61 Å². The van der Waals surface area contributed by atoms with Crippen LogP contribution in [0.15, 0.2) is 54.6 Å². The summed E-state index contributed by atoms with van der Waals surface area (Å²) in [7, 11) is 0. The van der Waals surface area contributed by atoms with Gasteiger partial charge >= 0.3 is 5.97 Å². The molecule has 0 heterocycles. The van der Waals surface area contributed by atoms with Crippen LogP contribution in [-0.2, 0) is 9.53 Å². The van der Waals surface area contributed by atoms with Gasteiger partial charge in [0.25, 0.3) is 5.91 Å². The molecule has 0 bridgehead atoms. The molecule has 2 rings (SSSR count). The van der Waals surface area contributed by atoms with E-state index in [0.29, 0.717) is 23.6 Å². The maximum absolute atomic E-state index is 12.5. The van der Waals surface area contributed by atoms with Crippen molar-refractivity contribution < 1.29 is 19.1 Å². The SMILES string of the molecule is CCCCOc1ccc(C(=O)OCC(=O)N(CCC#N)c2ccccc2)cc1. The van der Waals surface area contributed by atoms with E-state index < -0.39 is 12.6 Å². The summed E-state index contributed by atoms with van der Waals surface area (Å²) in [5, 5.41) is 8.82. The third-order valence-electron chi connectivity index (χ3n) is 4.00. The van der Waals surface area contributed by atoms with Gasteiger partial charge in [0.2, 0.25) is 0 Å². The summed E-state index contributed by atoms with van der Waals surface area (Å²) >= 11 is 0. The third-order valence-corrected chi connectivity index (χ3v) is 4.00. The first-order valence-electron chi connectivity index (χ1n) is 9.28. The van der Waals surface area contributed by atoms with Crippen LogP contribution in [0.1, 0.15) is 36.5 Å². The fraction of sp³-hybridized carbons (Fsp3) is 0.318. The summed E-state index contributed by atoms with van der Waals surface area (Å²) in [6, 6.07) is 17.6. The average Bonchev–Trinajstić information content (AvgIpc) is 2.73. The lowest BCUT2D eigenvalue weighted by atomic mass is 10.2. The average molecular weight is 380 g/mol. The Morgan fingerprint density at radius 2 is 1.79 bits per heavy atom. The number of benzene rings is 2. The number of esters is 1. The Labute approximate surface area is 165 Å². The van der Waals surface area contributed by atoms with Gasteiger partial charge in [-0.25, -0.2) is 4.79 Å². The molecule has 0 fully saturated rings. The summed E-state index contributed by atoms with van der Waals surface area (Å²) < 4.78 is 10.7. The maximum atomic E-state index is 12.5. The zero-order chi connectivity index (χ0) is 20.2. The van der Waals surface area contributed by atoms with Crippen LogP contribution >= 0.6 is 0 Å². The molecule has 28 heavy (non-hydrogen) atoms. The zero-order valence-corrected chi connectivity index (χ0v) is 16.0. The van der Waals surface area contributed by atoms with E-state index in [9.17, 15) is 9.59 Å². The fourth-order valence-corrected chi connectivity index (χ4v) is 2.48. The maximum Gasteiger partial charge on any atom is 0.338 e. The van der Waals surface area contributed by atoms with Gasteiger partial charge in [0, 0.05) is 12.2 Å². The number of unbranched alkanes of at least 4 members (excludes halogenated alkanes) is 1. The van der Waals surface area contributed by atoms with Crippen LogP contribution in [0.4, 0.5) is 5.69 Å². The van der Waals surface area contributed by atoms with Crippen LogP contribution in [0.25, 0.3) is 0 Å². The number of hydrogen-bond donors (Lipinski definition) is 0. The van der Waals surface area contributed by atoms with E-state index in [1.807, 2.05) is 12.1 Å². The second kappa shape index (κ2) is 11.4. The first-order chi connectivity index (χ1) is 13.7. The number of para-hydroxylation sites is 1. The first kappa shape index (κ1) is 21.0. The van der Waals surface area contributed by atoms with E-state index in [-0.39, 0.29) is 18.9 Å². The Balaban J connectivity index is 1.92. The molecule has 6 heteroatoms. The van der Waals surface area contributed by atoms with Gasteiger partial charge in [0.05, 0.1) is 24.7 Å². The van der Waals surface area contributed by atoms with Gasteiger partial charge in [-0.1, -0.05) is 31.5 Å². The molecule has 0 aromatic heterocycles. The lowest BCUT2D eigenvalue weighted by molar-refractivity contribution is -0.121. The molecule has 0 atom stereocenters. The largest absolute Gasteiger partial charge is 0.494 e. The van der Waals surface area contributed by atoms with E-state index in [1.165, 1.54) is 4.90 Å². The number of amides is 1. The normalized spacial score (nSPS) is 10.0. The van der Waals surface area contributed by atoms with Crippen LogP contribution in [0.3, 0.4) is 0 Å². The van der Waals surface area contributed by atoms with E-state index >= 15 is 0 Å². The Kier molecular flexibility index (Phi) is 8.54. The molecular formula is C22H24N2O4. The predicted molar refractivity (Wildman–Crippen MR) is 106 cm³/mol. The van der Waals surface area contributed by atoms with Crippen LogP contribution in [0, 0.1) is 11.3 Å². The number of carbonyl (C=O) groups excluding carboxylic acids is 2. The van der Waals surface area contributed by atoms with Crippen molar-refractivity contribution in [2.24, 2.45) is 0 Å². The van der Waals surface area contributed by atoms with Crippen LogP contribution in [-0.4, -0.2) is 31.6 Å². The molecule has 0 spiro atoms. The summed E-state index contributed by atoms with van der Waals surface area (Å²) in [6.07, 6.45) is 2.20. The van der Waals surface area contributed by atoms with Crippen LogP contribution in [0.5, 0.6) is 5.75 Å². The molecule has 0 aliphatic carbocycles. The van der Waals surface area contributed by atoms with E-state index in [2.05, 4.69) is 6.92 Å². The molecule has 0 unspecified atom stereocenters. The molecule has 0 saturated carbocycles. The number of nitrogens with zero attached hydrogens (tertiary/aromatic N) is 2. The van der Waals surface area contributed by atoms with Gasteiger partial charge in [0.1, 0.15) is 5.75 Å². The van der Waals surface area contributed by atoms with Crippen molar-refractivity contribution >= 4 is 17.6 Å². The standard InChI is InChI=1S/C22H24N2O4/c1-2-3-16-27-20-12-10-18(11-13-20)22(26)28-17-21(25)24(15-7-14-23)19-8-5-4-6-9-19/h4-6,8-13H,2-3,7,15-17H2,1H3. The Hall–Kier alpha value is -3.33. The van der Waals surface area contributed by atoms with Crippen LogP contribution < -0.4 is 9.64 Å². The Morgan fingerprint density at radius 3 is 2.43 bits per heavy atom. The highest BCUT2D eigenvalue weighted by molar-refractivity contribution is 5.97. The summed E-state index contributed by atoms with van der Waals surface area (Å²) in [5.74, 6) is -0.274. The van der Waals surface area contributed by atoms with Gasteiger partial charge in [-0.2, -0.15) is 5.26 Å². The van der Waals surface area contributed by atoms with Crippen molar-refractivity contribution in [2.45, 2.75) is 26.2 Å². The first-order valence-corrected chi connectivity index (χ1v) is 9.28. The van der Waals surface area contributed by atoms with Gasteiger partial charge < -0.3 is 14.4 Å². The molecule has 1 amide bonds. The zero-order valence-electron chi connectivity index (χ0n) is 16.0. The van der Waals surface area contributed by atoms with Gasteiger partial charge in [-0.3, -0.25) is 4.79 Å². The molecule has 146 valence electrons. The van der Waals surface area contributed by atoms with E-state index in [1.54, 1.807) is 48.5 Å². The number of rotatable bonds is 10. The molecule has 0 radical (unpaired) electrons. The van der Waals surface area contributed by atoms with Gasteiger partial charge in [-0.15, -0.1) is 0 Å². The second-order valence-corrected chi connectivity index (χ2v) is 6.09. The lowest BCUT2D eigenvalue weighted by Gasteiger charge is -2.21. The van der Waals surface area contributed by atoms with Crippen molar-refractivity contribution in [3.8, 4) is 11.8 Å². The highest BCUT2D eigenvalue weighted by atomic mass is 16.5. The van der Waals surface area contributed by atoms with E-state index in [4.69, 9.17) is 14.7 Å². The van der Waals surface area contributed by atoms with Crippen molar-refractivity contribution in [1.29, 1.82) is 5.26 Å². The lowest BCUT2D eigenvalue weighted by Crippen LogP contribution is -2.35. The molecule has 0 saturated heterocycles. The molecule has 2 aromatic rings. The predicted octanol–water partition coefficient (Wildman–Crippen LogP) is 3.97. The van der Waals surface area contributed by atoms with Crippen molar-refractivity contribution in [2.75, 3.05) is 24.7 Å². The monoisotopic (exact) mass is 380 g/mol. The molecule has 0 aliphatic heterocycles. The minimum Gasteiger partial charge on any atom is -0.494 e. The summed E-state index contributed by atoms with van der Waals surface area (Å²) in [5.41, 5.74) is 1.01. The summed E-state index contributed by atoms with van der Waals surface area (Å²) in [6.45, 7) is 2.56.